The van der Waals surface area contributed by atoms with Crippen molar-refractivity contribution in [3.05, 3.63) is 52.3 Å². The zero-order valence-electron chi connectivity index (χ0n) is 11.1. The van der Waals surface area contributed by atoms with Crippen LogP contribution < -0.4 is 5.73 Å². The molecule has 112 valence electrons. The third-order valence-electron chi connectivity index (χ3n) is 2.82. The molecule has 8 heteroatoms. The molecule has 1 aromatic heterocycles. The minimum absolute atomic E-state index is 0.00182. The van der Waals surface area contributed by atoms with Crippen LogP contribution in [0.4, 0.5) is 5.69 Å². The lowest BCUT2D eigenvalue weighted by Gasteiger charge is -2.19. The second-order valence-electron chi connectivity index (χ2n) is 4.44. The Labute approximate surface area is 133 Å². The van der Waals surface area contributed by atoms with E-state index < -0.39 is 10.0 Å². The van der Waals surface area contributed by atoms with Gasteiger partial charge in [-0.2, -0.15) is 4.31 Å². The monoisotopic (exact) mass is 345 g/mol. The maximum Gasteiger partial charge on any atom is 0.246 e. The Morgan fingerprint density at radius 2 is 1.90 bits per heavy atom. The number of rotatable bonds is 4. The van der Waals surface area contributed by atoms with Crippen LogP contribution in [0.15, 0.2) is 41.6 Å². The van der Waals surface area contributed by atoms with E-state index in [1.165, 1.54) is 19.2 Å². The van der Waals surface area contributed by atoms with E-state index in [1.54, 1.807) is 24.5 Å². The summed E-state index contributed by atoms with van der Waals surface area (Å²) in [4.78, 5) is 3.80. The van der Waals surface area contributed by atoms with Crippen molar-refractivity contribution in [1.29, 1.82) is 0 Å². The largest absolute Gasteiger partial charge is 0.399 e. The SMILES string of the molecule is CN(Cc1cccnc1)S(=O)(=O)c1c(Cl)cc(N)cc1Cl. The molecular weight excluding hydrogens is 333 g/mol. The van der Waals surface area contributed by atoms with E-state index in [0.717, 1.165) is 9.87 Å². The summed E-state index contributed by atoms with van der Waals surface area (Å²) in [6, 6.07) is 6.24. The van der Waals surface area contributed by atoms with Crippen LogP contribution in [-0.2, 0) is 16.6 Å². The Hall–Kier alpha value is -1.34. The van der Waals surface area contributed by atoms with Gasteiger partial charge in [0.25, 0.3) is 0 Å². The third-order valence-corrected chi connectivity index (χ3v) is 5.54. The molecule has 0 saturated carbocycles. The molecule has 1 aromatic carbocycles. The molecule has 5 nitrogen and oxygen atoms in total. The van der Waals surface area contributed by atoms with E-state index in [4.69, 9.17) is 28.9 Å². The molecule has 0 atom stereocenters. The first kappa shape index (κ1) is 16.0. The van der Waals surface area contributed by atoms with Gasteiger partial charge in [-0.25, -0.2) is 8.42 Å². The van der Waals surface area contributed by atoms with Crippen molar-refractivity contribution in [3.8, 4) is 0 Å². The number of nitrogen functional groups attached to an aromatic ring is 1. The van der Waals surface area contributed by atoms with Crippen molar-refractivity contribution >= 4 is 38.9 Å². The average molecular weight is 346 g/mol. The number of sulfonamides is 1. The predicted octanol–water partition coefficient (Wildman–Crippen LogP) is 2.79. The maximum atomic E-state index is 12.6. The van der Waals surface area contributed by atoms with Gasteiger partial charge in [0.1, 0.15) is 4.90 Å². The molecule has 0 fully saturated rings. The summed E-state index contributed by atoms with van der Waals surface area (Å²) in [6.07, 6.45) is 3.21. The summed E-state index contributed by atoms with van der Waals surface area (Å²) >= 11 is 12.0. The van der Waals surface area contributed by atoms with Gasteiger partial charge in [-0.15, -0.1) is 0 Å². The first-order chi connectivity index (χ1) is 9.82. The minimum Gasteiger partial charge on any atom is -0.399 e. The Balaban J connectivity index is 2.38. The molecule has 0 bridgehead atoms. The molecule has 2 aromatic rings. The number of pyridine rings is 1. The van der Waals surface area contributed by atoms with Gasteiger partial charge in [0.05, 0.1) is 10.0 Å². The van der Waals surface area contributed by atoms with E-state index in [2.05, 4.69) is 4.98 Å². The number of hydrogen-bond acceptors (Lipinski definition) is 4. The molecule has 2 N–H and O–H groups in total. The summed E-state index contributed by atoms with van der Waals surface area (Å²) in [7, 11) is -2.38. The fraction of sp³-hybridized carbons (Fsp3) is 0.154. The Bertz CT molecular complexity index is 728. The summed E-state index contributed by atoms with van der Waals surface area (Å²) in [5.74, 6) is 0. The normalized spacial score (nSPS) is 11.8. The summed E-state index contributed by atoms with van der Waals surface area (Å²) in [5, 5.41) is -0.00364. The van der Waals surface area contributed by atoms with Crippen LogP contribution in [0.2, 0.25) is 10.0 Å². The van der Waals surface area contributed by atoms with E-state index in [-0.39, 0.29) is 21.5 Å². The second kappa shape index (κ2) is 6.19. The molecular formula is C13H13Cl2N3O2S. The zero-order valence-corrected chi connectivity index (χ0v) is 13.5. The highest BCUT2D eigenvalue weighted by atomic mass is 35.5. The van der Waals surface area contributed by atoms with Crippen LogP contribution >= 0.6 is 23.2 Å². The number of anilines is 1. The van der Waals surface area contributed by atoms with Crippen molar-refractivity contribution < 1.29 is 8.42 Å². The zero-order chi connectivity index (χ0) is 15.6. The molecule has 2 rings (SSSR count). The van der Waals surface area contributed by atoms with Gasteiger partial charge in [-0.1, -0.05) is 29.3 Å². The molecule has 21 heavy (non-hydrogen) atoms. The number of benzene rings is 1. The Kier molecular flexibility index (Phi) is 4.73. The van der Waals surface area contributed by atoms with Crippen molar-refractivity contribution in [1.82, 2.24) is 9.29 Å². The molecule has 0 radical (unpaired) electrons. The lowest BCUT2D eigenvalue weighted by Crippen LogP contribution is -2.27. The van der Waals surface area contributed by atoms with Gasteiger partial charge in [-0.05, 0) is 23.8 Å². The highest BCUT2D eigenvalue weighted by Crippen LogP contribution is 2.33. The average Bonchev–Trinajstić information content (AvgIpc) is 2.38. The highest BCUT2D eigenvalue weighted by Gasteiger charge is 2.27. The number of nitrogens with zero attached hydrogens (tertiary/aromatic N) is 2. The predicted molar refractivity (Wildman–Crippen MR) is 83.8 cm³/mol. The molecule has 0 saturated heterocycles. The number of halogens is 2. The van der Waals surface area contributed by atoms with Crippen molar-refractivity contribution in [2.75, 3.05) is 12.8 Å². The summed E-state index contributed by atoms with van der Waals surface area (Å²) in [6.45, 7) is 0.160. The van der Waals surface area contributed by atoms with Crippen LogP contribution in [0.25, 0.3) is 0 Å². The molecule has 0 aliphatic rings. The van der Waals surface area contributed by atoms with E-state index >= 15 is 0 Å². The number of nitrogens with two attached hydrogens (primary N) is 1. The maximum absolute atomic E-state index is 12.6. The van der Waals surface area contributed by atoms with Crippen LogP contribution in [-0.4, -0.2) is 24.8 Å². The fourth-order valence-corrected chi connectivity index (χ4v) is 4.15. The smallest absolute Gasteiger partial charge is 0.246 e. The van der Waals surface area contributed by atoms with Crippen molar-refractivity contribution in [2.45, 2.75) is 11.4 Å². The number of aromatic nitrogens is 1. The molecule has 1 heterocycles. The Morgan fingerprint density at radius 3 is 2.43 bits per heavy atom. The number of hydrogen-bond donors (Lipinski definition) is 1. The Morgan fingerprint density at radius 1 is 1.29 bits per heavy atom. The molecule has 0 amide bonds. The third kappa shape index (κ3) is 3.47. The summed E-state index contributed by atoms with van der Waals surface area (Å²) < 4.78 is 26.3. The first-order valence-electron chi connectivity index (χ1n) is 5.92. The molecule has 0 aliphatic carbocycles. The van der Waals surface area contributed by atoms with E-state index in [9.17, 15) is 8.42 Å². The van der Waals surface area contributed by atoms with Crippen LogP contribution in [0.1, 0.15) is 5.56 Å². The first-order valence-corrected chi connectivity index (χ1v) is 8.11. The van der Waals surface area contributed by atoms with Gasteiger partial charge < -0.3 is 5.73 Å². The van der Waals surface area contributed by atoms with Gasteiger partial charge >= 0.3 is 0 Å². The van der Waals surface area contributed by atoms with Crippen LogP contribution in [0, 0.1) is 0 Å². The lowest BCUT2D eigenvalue weighted by atomic mass is 10.3. The van der Waals surface area contributed by atoms with Crippen molar-refractivity contribution in [2.24, 2.45) is 0 Å². The second-order valence-corrected chi connectivity index (χ2v) is 7.23. The van der Waals surface area contributed by atoms with Crippen molar-refractivity contribution in [3.63, 3.8) is 0 Å². The van der Waals surface area contributed by atoms with Crippen LogP contribution in [0.3, 0.4) is 0 Å². The van der Waals surface area contributed by atoms with E-state index in [1.807, 2.05) is 0 Å². The molecule has 0 aliphatic heterocycles. The minimum atomic E-state index is -3.83. The van der Waals surface area contributed by atoms with E-state index in [0.29, 0.717) is 5.69 Å². The highest BCUT2D eigenvalue weighted by molar-refractivity contribution is 7.89. The van der Waals surface area contributed by atoms with Gasteiger partial charge in [0.15, 0.2) is 0 Å². The molecule has 0 spiro atoms. The summed E-state index contributed by atoms with van der Waals surface area (Å²) in [5.41, 5.74) is 6.65. The quantitative estimate of drug-likeness (QED) is 0.864. The molecule has 0 unspecified atom stereocenters. The van der Waals surface area contributed by atoms with Gasteiger partial charge in [-0.3, -0.25) is 4.98 Å². The van der Waals surface area contributed by atoms with Crippen LogP contribution in [0.5, 0.6) is 0 Å². The fourth-order valence-electron chi connectivity index (χ4n) is 1.82. The standard InChI is InChI=1S/C13H13Cl2N3O2S/c1-18(8-9-3-2-4-17-7-9)21(19,20)13-11(14)5-10(16)6-12(13)15/h2-7H,8,16H2,1H3. The lowest BCUT2D eigenvalue weighted by molar-refractivity contribution is 0.466. The van der Waals surface area contributed by atoms with Gasteiger partial charge in [0.2, 0.25) is 10.0 Å². The van der Waals surface area contributed by atoms with Gasteiger partial charge in [0, 0.05) is 31.7 Å². The topological polar surface area (TPSA) is 76.3 Å².